The average molecular weight is 475 g/mol. The number of thioether (sulfide) groups is 1. The Kier molecular flexibility index (Phi) is 7.83. The summed E-state index contributed by atoms with van der Waals surface area (Å²) in [6.07, 6.45) is 0.998. The number of carbonyl (C=O) groups is 2. The number of rotatable bonds is 8. The number of aliphatic carboxylic acids is 1. The molecule has 34 heavy (non-hydrogen) atoms. The molecule has 0 radical (unpaired) electrons. The van der Waals surface area contributed by atoms with E-state index in [0.29, 0.717) is 11.3 Å². The molecule has 1 amide bonds. The average Bonchev–Trinajstić information content (AvgIpc) is 2.86. The molecule has 1 unspecified atom stereocenters. The molecule has 0 aromatic heterocycles. The lowest BCUT2D eigenvalue weighted by Gasteiger charge is -2.18. The summed E-state index contributed by atoms with van der Waals surface area (Å²) in [7, 11) is 0. The van der Waals surface area contributed by atoms with Crippen molar-refractivity contribution in [3.63, 3.8) is 0 Å². The van der Waals surface area contributed by atoms with Gasteiger partial charge in [0.1, 0.15) is 0 Å². The van der Waals surface area contributed by atoms with E-state index in [0.717, 1.165) is 41.6 Å². The number of aliphatic imine (C=N–C) groups is 1. The maximum Gasteiger partial charge on any atom is 0.304 e. The number of carbonyl (C=O) groups excluding carboxylic acids is 1. The lowest BCUT2D eigenvalue weighted by Crippen LogP contribution is -2.35. The van der Waals surface area contributed by atoms with Gasteiger partial charge in [0.05, 0.1) is 12.1 Å². The molecule has 3 aromatic carbocycles. The zero-order valence-electron chi connectivity index (χ0n) is 18.5. The van der Waals surface area contributed by atoms with Gasteiger partial charge in [-0.3, -0.25) is 14.6 Å². The predicted octanol–water partition coefficient (Wildman–Crippen LogP) is 5.01. The van der Waals surface area contributed by atoms with Crippen LogP contribution in [0.3, 0.4) is 0 Å². The molecule has 4 rings (SSSR count). The molecule has 0 fully saturated rings. The summed E-state index contributed by atoms with van der Waals surface area (Å²) in [5, 5.41) is 18.5. The van der Waals surface area contributed by atoms with Crippen molar-refractivity contribution in [3.05, 3.63) is 90.0 Å². The second-order valence-electron chi connectivity index (χ2n) is 7.78. The first-order valence-corrected chi connectivity index (χ1v) is 12.0. The zero-order chi connectivity index (χ0) is 23.8. The van der Waals surface area contributed by atoms with Crippen LogP contribution in [0.25, 0.3) is 0 Å². The van der Waals surface area contributed by atoms with Crippen molar-refractivity contribution >= 4 is 41.0 Å². The molecule has 0 spiro atoms. The van der Waals surface area contributed by atoms with Crippen LogP contribution in [0.1, 0.15) is 34.0 Å². The van der Waals surface area contributed by atoms with Gasteiger partial charge in [-0.2, -0.15) is 0 Å². The van der Waals surface area contributed by atoms with E-state index in [4.69, 9.17) is 0 Å². The molecule has 174 valence electrons. The number of benzene rings is 3. The molecule has 1 heterocycles. The van der Waals surface area contributed by atoms with Gasteiger partial charge in [-0.1, -0.05) is 42.5 Å². The number of guanidine groups is 1. The van der Waals surface area contributed by atoms with Gasteiger partial charge in [0.2, 0.25) is 0 Å². The maximum absolute atomic E-state index is 12.9. The minimum atomic E-state index is -0.869. The topological polar surface area (TPSA) is 103 Å². The zero-order valence-corrected chi connectivity index (χ0v) is 19.3. The fraction of sp³-hybridized carbons (Fsp3) is 0.192. The highest BCUT2D eigenvalue weighted by atomic mass is 32.2. The van der Waals surface area contributed by atoms with E-state index in [1.807, 2.05) is 66.7 Å². The predicted molar refractivity (Wildman–Crippen MR) is 137 cm³/mol. The van der Waals surface area contributed by atoms with E-state index in [1.54, 1.807) is 12.1 Å². The van der Waals surface area contributed by atoms with Crippen LogP contribution in [0.4, 0.5) is 11.4 Å². The second kappa shape index (κ2) is 11.4. The van der Waals surface area contributed by atoms with Crippen LogP contribution >= 0.6 is 11.8 Å². The SMILES string of the molecule is O=C(O)CC(Sc1ccccc1NC(=O)c1ccc(NC2=NCCCN2)cc1)c1ccccc1. The largest absolute Gasteiger partial charge is 0.481 e. The van der Waals surface area contributed by atoms with Crippen LogP contribution in [0.15, 0.2) is 88.8 Å². The highest BCUT2D eigenvalue weighted by Crippen LogP contribution is 2.41. The summed E-state index contributed by atoms with van der Waals surface area (Å²) in [5.41, 5.74) is 2.94. The Morgan fingerprint density at radius 3 is 2.44 bits per heavy atom. The molecule has 0 saturated heterocycles. The summed E-state index contributed by atoms with van der Waals surface area (Å²) < 4.78 is 0. The number of nitrogens with one attached hydrogen (secondary N) is 3. The maximum atomic E-state index is 12.9. The first kappa shape index (κ1) is 23.4. The van der Waals surface area contributed by atoms with Crippen LogP contribution in [0, 0.1) is 0 Å². The van der Waals surface area contributed by atoms with Crippen molar-refractivity contribution in [2.24, 2.45) is 4.99 Å². The van der Waals surface area contributed by atoms with E-state index >= 15 is 0 Å². The van der Waals surface area contributed by atoms with E-state index in [2.05, 4.69) is 20.9 Å². The lowest BCUT2D eigenvalue weighted by molar-refractivity contribution is -0.137. The summed E-state index contributed by atoms with van der Waals surface area (Å²) in [6.45, 7) is 1.69. The fourth-order valence-electron chi connectivity index (χ4n) is 3.53. The summed E-state index contributed by atoms with van der Waals surface area (Å²) in [5.74, 6) is -0.364. The minimum Gasteiger partial charge on any atom is -0.481 e. The quantitative estimate of drug-likeness (QED) is 0.342. The van der Waals surface area contributed by atoms with Crippen molar-refractivity contribution in [1.29, 1.82) is 0 Å². The Balaban J connectivity index is 1.46. The fourth-order valence-corrected chi connectivity index (χ4v) is 4.76. The molecule has 0 aliphatic carbocycles. The number of hydrogen-bond acceptors (Lipinski definition) is 6. The molecule has 1 atom stereocenters. The molecule has 3 aromatic rings. The minimum absolute atomic E-state index is 0.0223. The molecule has 8 heteroatoms. The summed E-state index contributed by atoms with van der Waals surface area (Å²) in [6, 6.07) is 24.2. The molecule has 0 saturated carbocycles. The Hall–Kier alpha value is -3.78. The number of hydrogen-bond donors (Lipinski definition) is 4. The van der Waals surface area contributed by atoms with Crippen LogP contribution in [0.5, 0.6) is 0 Å². The van der Waals surface area contributed by atoms with Crippen LogP contribution in [-0.2, 0) is 4.79 Å². The number of nitrogens with zero attached hydrogens (tertiary/aromatic N) is 1. The van der Waals surface area contributed by atoms with Gasteiger partial charge < -0.3 is 21.1 Å². The van der Waals surface area contributed by atoms with Crippen molar-refractivity contribution < 1.29 is 14.7 Å². The van der Waals surface area contributed by atoms with Crippen molar-refractivity contribution in [2.75, 3.05) is 23.7 Å². The Labute approximate surface area is 202 Å². The number of carboxylic acid groups (broad SMARTS) is 1. The number of amides is 1. The van der Waals surface area contributed by atoms with E-state index in [9.17, 15) is 14.7 Å². The van der Waals surface area contributed by atoms with Crippen LogP contribution in [0.2, 0.25) is 0 Å². The standard InChI is InChI=1S/C26H26N4O3S/c31-24(32)17-23(18-7-2-1-3-8-18)34-22-10-5-4-9-21(22)30-25(33)19-11-13-20(14-12-19)29-26-27-15-6-16-28-26/h1-5,7-14,23H,6,15-17H2,(H,30,33)(H,31,32)(H2,27,28,29). The lowest BCUT2D eigenvalue weighted by atomic mass is 10.1. The molecule has 1 aliphatic rings. The van der Waals surface area contributed by atoms with E-state index < -0.39 is 5.97 Å². The highest BCUT2D eigenvalue weighted by Gasteiger charge is 2.19. The smallest absolute Gasteiger partial charge is 0.304 e. The monoisotopic (exact) mass is 474 g/mol. The van der Waals surface area contributed by atoms with Gasteiger partial charge in [-0.25, -0.2) is 0 Å². The molecular weight excluding hydrogens is 448 g/mol. The van der Waals surface area contributed by atoms with Crippen molar-refractivity contribution in [2.45, 2.75) is 23.0 Å². The molecule has 7 nitrogen and oxygen atoms in total. The van der Waals surface area contributed by atoms with Gasteiger partial charge in [-0.15, -0.1) is 11.8 Å². The number of anilines is 2. The molecule has 1 aliphatic heterocycles. The molecule has 0 bridgehead atoms. The molecular formula is C26H26N4O3S. The highest BCUT2D eigenvalue weighted by molar-refractivity contribution is 7.99. The van der Waals surface area contributed by atoms with Gasteiger partial charge >= 0.3 is 5.97 Å². The third kappa shape index (κ3) is 6.39. The van der Waals surface area contributed by atoms with Gasteiger partial charge in [-0.05, 0) is 48.4 Å². The summed E-state index contributed by atoms with van der Waals surface area (Å²) in [4.78, 5) is 29.6. The third-order valence-corrected chi connectivity index (χ3v) is 6.58. The first-order chi connectivity index (χ1) is 16.6. The van der Waals surface area contributed by atoms with Crippen molar-refractivity contribution in [3.8, 4) is 0 Å². The normalized spacial score (nSPS) is 13.8. The Morgan fingerprint density at radius 1 is 1.00 bits per heavy atom. The first-order valence-electron chi connectivity index (χ1n) is 11.1. The summed E-state index contributed by atoms with van der Waals surface area (Å²) >= 11 is 1.43. The number of para-hydroxylation sites is 1. The van der Waals surface area contributed by atoms with Gasteiger partial charge in [0, 0.05) is 34.5 Å². The van der Waals surface area contributed by atoms with Crippen LogP contribution in [-0.4, -0.2) is 36.0 Å². The van der Waals surface area contributed by atoms with Gasteiger partial charge in [0.25, 0.3) is 5.91 Å². The third-order valence-electron chi connectivity index (χ3n) is 5.24. The van der Waals surface area contributed by atoms with Crippen molar-refractivity contribution in [1.82, 2.24) is 5.32 Å². The molecule has 4 N–H and O–H groups in total. The van der Waals surface area contributed by atoms with Gasteiger partial charge in [0.15, 0.2) is 5.96 Å². The number of carboxylic acids is 1. The Morgan fingerprint density at radius 2 is 1.74 bits per heavy atom. The van der Waals surface area contributed by atoms with Crippen LogP contribution < -0.4 is 16.0 Å². The van der Waals surface area contributed by atoms with E-state index in [1.165, 1.54) is 11.8 Å². The Bertz CT molecular complexity index is 1170. The van der Waals surface area contributed by atoms with E-state index in [-0.39, 0.29) is 17.6 Å². The second-order valence-corrected chi connectivity index (χ2v) is 9.02.